The molecule has 1 aromatic carbocycles. The van der Waals surface area contributed by atoms with E-state index in [4.69, 9.17) is 16.3 Å². The van der Waals surface area contributed by atoms with Gasteiger partial charge in [0.25, 0.3) is 5.69 Å². The molecule has 7 nitrogen and oxygen atoms in total. The second-order valence-electron chi connectivity index (χ2n) is 6.03. The second-order valence-corrected chi connectivity index (χ2v) is 6.44. The van der Waals surface area contributed by atoms with Gasteiger partial charge in [0.2, 0.25) is 11.8 Å². The number of hydrogen-bond acceptors (Lipinski definition) is 5. The van der Waals surface area contributed by atoms with Gasteiger partial charge in [-0.15, -0.1) is 0 Å². The van der Waals surface area contributed by atoms with Crippen molar-refractivity contribution in [2.75, 3.05) is 4.90 Å². The Morgan fingerprint density at radius 2 is 2.09 bits per heavy atom. The Morgan fingerprint density at radius 1 is 1.35 bits per heavy atom. The Hall–Kier alpha value is -2.25. The van der Waals surface area contributed by atoms with Gasteiger partial charge in [-0.05, 0) is 13.0 Å². The highest BCUT2D eigenvalue weighted by Gasteiger charge is 2.66. The number of carbonyl (C=O) groups excluding carboxylic acids is 2. The number of rotatable bonds is 2. The van der Waals surface area contributed by atoms with Crippen LogP contribution in [0.5, 0.6) is 0 Å². The van der Waals surface area contributed by atoms with Crippen molar-refractivity contribution in [3.63, 3.8) is 0 Å². The van der Waals surface area contributed by atoms with Gasteiger partial charge >= 0.3 is 0 Å². The minimum Gasteiger partial charge on any atom is -0.362 e. The Kier molecular flexibility index (Phi) is 2.74. The highest BCUT2D eigenvalue weighted by atomic mass is 35.5. The van der Waals surface area contributed by atoms with Crippen LogP contribution in [0, 0.1) is 22.0 Å². The topological polar surface area (TPSA) is 89.8 Å². The van der Waals surface area contributed by atoms with Crippen LogP contribution < -0.4 is 4.90 Å². The molecule has 0 spiro atoms. The molecule has 23 heavy (non-hydrogen) atoms. The van der Waals surface area contributed by atoms with Crippen LogP contribution in [0.3, 0.4) is 0 Å². The zero-order valence-corrected chi connectivity index (χ0v) is 12.7. The number of imide groups is 1. The fourth-order valence-electron chi connectivity index (χ4n) is 3.68. The van der Waals surface area contributed by atoms with E-state index < -0.39 is 40.3 Å². The maximum atomic E-state index is 12.8. The van der Waals surface area contributed by atoms with Crippen molar-refractivity contribution in [1.29, 1.82) is 0 Å². The van der Waals surface area contributed by atoms with Crippen LogP contribution in [0.2, 0.25) is 5.02 Å². The molecule has 0 aliphatic carbocycles. The monoisotopic (exact) mass is 334 g/mol. The number of amides is 2. The van der Waals surface area contributed by atoms with E-state index in [0.717, 1.165) is 11.0 Å². The lowest BCUT2D eigenvalue weighted by Crippen LogP contribution is -2.38. The minimum absolute atomic E-state index is 0.0493. The molecule has 0 N–H and O–H groups in total. The van der Waals surface area contributed by atoms with Crippen LogP contribution >= 0.6 is 11.6 Å². The van der Waals surface area contributed by atoms with Gasteiger partial charge in [-0.1, -0.05) is 23.8 Å². The lowest BCUT2D eigenvalue weighted by Gasteiger charge is -2.24. The Morgan fingerprint density at radius 3 is 2.74 bits per heavy atom. The largest absolute Gasteiger partial charge is 0.362 e. The van der Waals surface area contributed by atoms with Crippen LogP contribution in [0.15, 0.2) is 30.4 Å². The molecule has 3 heterocycles. The molecule has 118 valence electrons. The lowest BCUT2D eigenvalue weighted by molar-refractivity contribution is -0.384. The number of carbonyl (C=O) groups is 2. The standard InChI is InChI=1S/C15H11ClN2O5/c1-15-5-4-10(23-15)11-12(15)14(20)17(13(11)19)9-6-7(18(21)22)2-3-8(9)16/h2-6,10-12H,1H3/t10-,11-,12-,15+/m1/s1. The predicted octanol–water partition coefficient (Wildman–Crippen LogP) is 2.08. The first kappa shape index (κ1) is 14.3. The number of non-ortho nitro benzene ring substituents is 1. The van der Waals surface area contributed by atoms with Crippen molar-refractivity contribution in [3.8, 4) is 0 Å². The third kappa shape index (κ3) is 1.74. The van der Waals surface area contributed by atoms with Gasteiger partial charge in [-0.25, -0.2) is 4.90 Å². The first-order chi connectivity index (χ1) is 10.8. The van der Waals surface area contributed by atoms with Gasteiger partial charge in [0, 0.05) is 12.1 Å². The van der Waals surface area contributed by atoms with Crippen molar-refractivity contribution >= 4 is 34.8 Å². The second kappa shape index (κ2) is 4.39. The summed E-state index contributed by atoms with van der Waals surface area (Å²) < 4.78 is 5.72. The highest BCUT2D eigenvalue weighted by Crippen LogP contribution is 2.52. The van der Waals surface area contributed by atoms with E-state index in [1.54, 1.807) is 19.1 Å². The molecule has 0 unspecified atom stereocenters. The molecule has 2 bridgehead atoms. The van der Waals surface area contributed by atoms with Crippen molar-refractivity contribution in [1.82, 2.24) is 0 Å². The van der Waals surface area contributed by atoms with Crippen LogP contribution in [-0.2, 0) is 14.3 Å². The molecule has 0 aromatic heterocycles. The number of nitro groups is 1. The normalized spacial score (nSPS) is 34.3. The molecule has 4 atom stereocenters. The number of nitro benzene ring substituents is 1. The number of hydrogen-bond donors (Lipinski definition) is 0. The maximum Gasteiger partial charge on any atom is 0.271 e. The SMILES string of the molecule is C[C@@]12C=C[C@@H](O1)[C@H]1C(=O)N(c3cc([N+](=O)[O-])ccc3Cl)C(=O)[C@@H]12. The predicted molar refractivity (Wildman–Crippen MR) is 80.0 cm³/mol. The third-order valence-corrected chi connectivity index (χ3v) is 5.03. The summed E-state index contributed by atoms with van der Waals surface area (Å²) in [6, 6.07) is 3.69. The Bertz CT molecular complexity index is 807. The minimum atomic E-state index is -0.815. The summed E-state index contributed by atoms with van der Waals surface area (Å²) in [5, 5.41) is 11.1. The quantitative estimate of drug-likeness (QED) is 0.357. The third-order valence-electron chi connectivity index (χ3n) is 4.71. The van der Waals surface area contributed by atoms with Gasteiger partial charge in [-0.2, -0.15) is 0 Å². The molecule has 2 saturated heterocycles. The molecule has 3 aliphatic rings. The van der Waals surface area contributed by atoms with Crippen molar-refractivity contribution in [3.05, 3.63) is 45.5 Å². The summed E-state index contributed by atoms with van der Waals surface area (Å²) in [6.45, 7) is 1.76. The number of halogens is 1. The van der Waals surface area contributed by atoms with Crippen molar-refractivity contribution in [2.45, 2.75) is 18.6 Å². The summed E-state index contributed by atoms with van der Waals surface area (Å²) in [6.07, 6.45) is 3.14. The summed E-state index contributed by atoms with van der Waals surface area (Å²) in [5.41, 5.74) is -0.997. The molecule has 2 amide bonds. The average Bonchev–Trinajstić information content (AvgIpc) is 3.09. The zero-order valence-electron chi connectivity index (χ0n) is 11.9. The fourth-order valence-corrected chi connectivity index (χ4v) is 3.88. The summed E-state index contributed by atoms with van der Waals surface area (Å²) in [7, 11) is 0. The molecule has 4 rings (SSSR count). The molecule has 2 fully saturated rings. The van der Waals surface area contributed by atoms with Gasteiger partial charge in [-0.3, -0.25) is 19.7 Å². The maximum absolute atomic E-state index is 12.8. The van der Waals surface area contributed by atoms with Gasteiger partial charge in [0.1, 0.15) is 0 Å². The molecule has 0 radical (unpaired) electrons. The van der Waals surface area contributed by atoms with Crippen LogP contribution in [0.4, 0.5) is 11.4 Å². The Labute approximate surface area is 135 Å². The first-order valence-corrected chi connectivity index (χ1v) is 7.40. The van der Waals surface area contributed by atoms with Gasteiger partial charge < -0.3 is 4.74 Å². The van der Waals surface area contributed by atoms with Gasteiger partial charge in [0.05, 0.1) is 39.2 Å². The van der Waals surface area contributed by atoms with E-state index in [-0.39, 0.29) is 16.4 Å². The zero-order chi connectivity index (χ0) is 16.5. The first-order valence-electron chi connectivity index (χ1n) is 7.02. The van der Waals surface area contributed by atoms with E-state index in [9.17, 15) is 19.7 Å². The highest BCUT2D eigenvalue weighted by molar-refractivity contribution is 6.36. The Balaban J connectivity index is 1.81. The number of fused-ring (bicyclic) bond motifs is 5. The summed E-state index contributed by atoms with van der Waals surface area (Å²) >= 11 is 6.08. The molecule has 0 saturated carbocycles. The lowest BCUT2D eigenvalue weighted by atomic mass is 9.78. The molecule has 1 aromatic rings. The van der Waals surface area contributed by atoms with E-state index in [1.165, 1.54) is 12.1 Å². The molecule has 8 heteroatoms. The summed E-state index contributed by atoms with van der Waals surface area (Å²) in [4.78, 5) is 36.8. The van der Waals surface area contributed by atoms with Crippen molar-refractivity contribution < 1.29 is 19.2 Å². The number of ether oxygens (including phenoxy) is 1. The smallest absolute Gasteiger partial charge is 0.271 e. The van der Waals surface area contributed by atoms with E-state index in [1.807, 2.05) is 0 Å². The van der Waals surface area contributed by atoms with E-state index in [2.05, 4.69) is 0 Å². The molecular formula is C15H11ClN2O5. The van der Waals surface area contributed by atoms with Crippen LogP contribution in [0.1, 0.15) is 6.92 Å². The van der Waals surface area contributed by atoms with Crippen LogP contribution in [-0.4, -0.2) is 28.4 Å². The van der Waals surface area contributed by atoms with Crippen molar-refractivity contribution in [2.24, 2.45) is 11.8 Å². The average molecular weight is 335 g/mol. The van der Waals surface area contributed by atoms with E-state index >= 15 is 0 Å². The molecular weight excluding hydrogens is 324 g/mol. The number of benzene rings is 1. The van der Waals surface area contributed by atoms with Gasteiger partial charge in [0.15, 0.2) is 0 Å². The van der Waals surface area contributed by atoms with Crippen LogP contribution in [0.25, 0.3) is 0 Å². The number of nitrogens with zero attached hydrogens (tertiary/aromatic N) is 2. The number of anilines is 1. The van der Waals surface area contributed by atoms with E-state index in [0.29, 0.717) is 0 Å². The summed E-state index contributed by atoms with van der Waals surface area (Å²) in [5.74, 6) is -2.09. The molecule has 3 aliphatic heterocycles. The fraction of sp³-hybridized carbons (Fsp3) is 0.333.